The van der Waals surface area contributed by atoms with E-state index in [1.54, 1.807) is 42.2 Å². The summed E-state index contributed by atoms with van der Waals surface area (Å²) in [5, 5.41) is 0.379. The minimum absolute atomic E-state index is 0.0347. The van der Waals surface area contributed by atoms with Crippen LogP contribution in [0.1, 0.15) is 62.5 Å². The van der Waals surface area contributed by atoms with Gasteiger partial charge in [-0.05, 0) is 50.1 Å². The van der Waals surface area contributed by atoms with E-state index in [0.717, 1.165) is 0 Å². The fourth-order valence-electron chi connectivity index (χ4n) is 3.55. The second-order valence-corrected chi connectivity index (χ2v) is 7.38. The van der Waals surface area contributed by atoms with Gasteiger partial charge in [0.1, 0.15) is 0 Å². The lowest BCUT2D eigenvalue weighted by atomic mass is 9.90. The Balaban J connectivity index is 1.68. The number of pyridine rings is 1. The predicted molar refractivity (Wildman–Crippen MR) is 111 cm³/mol. The standard InChI is InChI=1S/C22H23ClN2O5/c1-3-30-22(28)18-12-17(23)13-24-19(18)14-8-10-25(11-9-14)20(26)15-4-6-16(7-5-15)21(27)29-2/h4-7,12-14H,3,8-11H2,1-2H3. The van der Waals surface area contributed by atoms with Crippen molar-refractivity contribution in [3.8, 4) is 0 Å². The summed E-state index contributed by atoms with van der Waals surface area (Å²) in [6, 6.07) is 7.99. The molecule has 0 unspecified atom stereocenters. The minimum Gasteiger partial charge on any atom is -0.465 e. The van der Waals surface area contributed by atoms with Crippen LogP contribution < -0.4 is 0 Å². The molecule has 0 radical (unpaired) electrons. The van der Waals surface area contributed by atoms with Crippen molar-refractivity contribution in [2.45, 2.75) is 25.7 Å². The van der Waals surface area contributed by atoms with Crippen LogP contribution in [-0.4, -0.2) is 54.5 Å². The Morgan fingerprint density at radius 1 is 1.10 bits per heavy atom. The number of benzene rings is 1. The number of ether oxygens (including phenoxy) is 2. The summed E-state index contributed by atoms with van der Waals surface area (Å²) in [4.78, 5) is 42.8. The van der Waals surface area contributed by atoms with Crippen molar-refractivity contribution >= 4 is 29.4 Å². The average molecular weight is 431 g/mol. The maximum Gasteiger partial charge on any atom is 0.340 e. The van der Waals surface area contributed by atoms with Crippen LogP contribution in [0.4, 0.5) is 0 Å². The molecular formula is C22H23ClN2O5. The Labute approximate surface area is 179 Å². The van der Waals surface area contributed by atoms with Crippen molar-refractivity contribution in [3.05, 3.63) is 63.9 Å². The molecule has 1 aromatic heterocycles. The molecule has 0 bridgehead atoms. The quantitative estimate of drug-likeness (QED) is 0.672. The van der Waals surface area contributed by atoms with E-state index in [2.05, 4.69) is 9.72 Å². The largest absolute Gasteiger partial charge is 0.465 e. The maximum absolute atomic E-state index is 12.8. The summed E-state index contributed by atoms with van der Waals surface area (Å²) in [6.07, 6.45) is 2.88. The molecule has 1 aliphatic rings. The zero-order valence-corrected chi connectivity index (χ0v) is 17.6. The number of likely N-dealkylation sites (tertiary alicyclic amines) is 1. The highest BCUT2D eigenvalue weighted by atomic mass is 35.5. The summed E-state index contributed by atoms with van der Waals surface area (Å²) in [7, 11) is 1.31. The topological polar surface area (TPSA) is 85.8 Å². The van der Waals surface area contributed by atoms with E-state index in [1.165, 1.54) is 13.3 Å². The van der Waals surface area contributed by atoms with Crippen LogP contribution in [0.3, 0.4) is 0 Å². The molecule has 0 atom stereocenters. The van der Waals surface area contributed by atoms with Crippen molar-refractivity contribution in [2.24, 2.45) is 0 Å². The molecule has 1 amide bonds. The van der Waals surface area contributed by atoms with Crippen LogP contribution in [0, 0.1) is 0 Å². The number of rotatable bonds is 5. The number of carbonyl (C=O) groups excluding carboxylic acids is 3. The van der Waals surface area contributed by atoms with Gasteiger partial charge in [-0.15, -0.1) is 0 Å². The number of halogens is 1. The van der Waals surface area contributed by atoms with Gasteiger partial charge in [0, 0.05) is 30.8 Å². The van der Waals surface area contributed by atoms with Gasteiger partial charge in [-0.3, -0.25) is 9.78 Å². The average Bonchev–Trinajstić information content (AvgIpc) is 2.78. The molecule has 30 heavy (non-hydrogen) atoms. The van der Waals surface area contributed by atoms with E-state index in [-0.39, 0.29) is 18.4 Å². The SMILES string of the molecule is CCOC(=O)c1cc(Cl)cnc1C1CCN(C(=O)c2ccc(C(=O)OC)cc2)CC1. The number of piperidine rings is 1. The molecule has 2 heterocycles. The normalized spacial score (nSPS) is 14.3. The lowest BCUT2D eigenvalue weighted by molar-refractivity contribution is 0.0520. The van der Waals surface area contributed by atoms with Gasteiger partial charge >= 0.3 is 11.9 Å². The second-order valence-electron chi connectivity index (χ2n) is 6.94. The molecule has 1 fully saturated rings. The van der Waals surface area contributed by atoms with Gasteiger partial charge in [-0.2, -0.15) is 0 Å². The molecule has 3 rings (SSSR count). The number of hydrogen-bond donors (Lipinski definition) is 0. The van der Waals surface area contributed by atoms with Gasteiger partial charge in [0.15, 0.2) is 0 Å². The minimum atomic E-state index is -0.442. The highest BCUT2D eigenvalue weighted by molar-refractivity contribution is 6.30. The molecule has 8 heteroatoms. The Morgan fingerprint density at radius 2 is 1.73 bits per heavy atom. The third kappa shape index (κ3) is 4.79. The highest BCUT2D eigenvalue weighted by Gasteiger charge is 2.29. The lowest BCUT2D eigenvalue weighted by Gasteiger charge is -2.32. The van der Waals surface area contributed by atoms with E-state index >= 15 is 0 Å². The number of esters is 2. The number of methoxy groups -OCH3 is 1. The Bertz CT molecular complexity index is 937. The molecule has 7 nitrogen and oxygen atoms in total. The fourth-order valence-corrected chi connectivity index (χ4v) is 3.71. The van der Waals surface area contributed by atoms with Crippen LogP contribution in [0.2, 0.25) is 5.02 Å². The molecule has 158 valence electrons. The van der Waals surface area contributed by atoms with Gasteiger partial charge in [0.2, 0.25) is 0 Å². The van der Waals surface area contributed by atoms with E-state index in [1.807, 2.05) is 0 Å². The van der Waals surface area contributed by atoms with E-state index in [9.17, 15) is 14.4 Å². The highest BCUT2D eigenvalue weighted by Crippen LogP contribution is 2.31. The van der Waals surface area contributed by atoms with Crippen LogP contribution in [0.5, 0.6) is 0 Å². The van der Waals surface area contributed by atoms with Crippen molar-refractivity contribution in [1.29, 1.82) is 0 Å². The summed E-state index contributed by atoms with van der Waals surface area (Å²) in [5.41, 5.74) is 1.95. The van der Waals surface area contributed by atoms with Gasteiger partial charge in [0.25, 0.3) is 5.91 Å². The summed E-state index contributed by atoms with van der Waals surface area (Å²) in [5.74, 6) is -0.943. The third-order valence-electron chi connectivity index (χ3n) is 5.10. The van der Waals surface area contributed by atoms with Crippen molar-refractivity contribution in [2.75, 3.05) is 26.8 Å². The molecular weight excluding hydrogens is 408 g/mol. The first-order valence-corrected chi connectivity index (χ1v) is 10.1. The van der Waals surface area contributed by atoms with E-state index < -0.39 is 11.9 Å². The first-order valence-electron chi connectivity index (χ1n) is 9.74. The summed E-state index contributed by atoms with van der Waals surface area (Å²) < 4.78 is 9.81. The Kier molecular flexibility index (Phi) is 7.05. The van der Waals surface area contributed by atoms with Gasteiger partial charge in [-0.25, -0.2) is 9.59 Å². The van der Waals surface area contributed by atoms with Crippen LogP contribution >= 0.6 is 11.6 Å². The van der Waals surface area contributed by atoms with E-state index in [0.29, 0.717) is 53.3 Å². The second kappa shape index (κ2) is 9.71. The zero-order valence-electron chi connectivity index (χ0n) is 16.9. The molecule has 0 aliphatic carbocycles. The van der Waals surface area contributed by atoms with Crippen molar-refractivity contribution in [3.63, 3.8) is 0 Å². The molecule has 0 spiro atoms. The number of nitrogens with zero attached hydrogens (tertiary/aromatic N) is 2. The van der Waals surface area contributed by atoms with Crippen LogP contribution in [0.25, 0.3) is 0 Å². The first-order chi connectivity index (χ1) is 14.4. The van der Waals surface area contributed by atoms with Gasteiger partial charge in [0.05, 0.1) is 35.6 Å². The third-order valence-corrected chi connectivity index (χ3v) is 5.31. The summed E-state index contributed by atoms with van der Waals surface area (Å²) in [6.45, 7) is 3.09. The summed E-state index contributed by atoms with van der Waals surface area (Å²) >= 11 is 6.02. The first kappa shape index (κ1) is 21.8. The molecule has 2 aromatic rings. The van der Waals surface area contributed by atoms with Crippen LogP contribution in [0.15, 0.2) is 36.5 Å². The fraction of sp³-hybridized carbons (Fsp3) is 0.364. The predicted octanol–water partition coefficient (Wildman–Crippen LogP) is 3.72. The van der Waals surface area contributed by atoms with Gasteiger partial charge < -0.3 is 14.4 Å². The van der Waals surface area contributed by atoms with Gasteiger partial charge in [-0.1, -0.05) is 11.6 Å². The lowest BCUT2D eigenvalue weighted by Crippen LogP contribution is -2.38. The van der Waals surface area contributed by atoms with E-state index in [4.69, 9.17) is 16.3 Å². The molecule has 1 aromatic carbocycles. The number of carbonyl (C=O) groups is 3. The Hall–Kier alpha value is -2.93. The monoisotopic (exact) mass is 430 g/mol. The molecule has 0 saturated carbocycles. The van der Waals surface area contributed by atoms with Crippen LogP contribution in [-0.2, 0) is 9.47 Å². The molecule has 1 aliphatic heterocycles. The number of amides is 1. The zero-order chi connectivity index (χ0) is 21.7. The Morgan fingerprint density at radius 3 is 2.33 bits per heavy atom. The molecule has 1 saturated heterocycles. The molecule has 0 N–H and O–H groups in total. The smallest absolute Gasteiger partial charge is 0.340 e. The number of hydrogen-bond acceptors (Lipinski definition) is 6. The van der Waals surface area contributed by atoms with Crippen molar-refractivity contribution in [1.82, 2.24) is 9.88 Å². The van der Waals surface area contributed by atoms with Crippen molar-refractivity contribution < 1.29 is 23.9 Å². The number of aromatic nitrogens is 1. The maximum atomic E-state index is 12.8.